The molecule has 20 heavy (non-hydrogen) atoms. The fourth-order valence-corrected chi connectivity index (χ4v) is 2.14. The first kappa shape index (κ1) is 12.8. The molecule has 104 valence electrons. The highest BCUT2D eigenvalue weighted by Gasteiger charge is 2.19. The van der Waals surface area contributed by atoms with E-state index >= 15 is 0 Å². The number of halogens is 1. The molecule has 2 aromatic rings. The van der Waals surface area contributed by atoms with E-state index in [1.165, 1.54) is 24.3 Å². The lowest BCUT2D eigenvalue weighted by atomic mass is 10.2. The third-order valence-electron chi connectivity index (χ3n) is 3.25. The Hall–Kier alpha value is -2.21. The summed E-state index contributed by atoms with van der Waals surface area (Å²) in [6.07, 6.45) is 3.55. The van der Waals surface area contributed by atoms with Gasteiger partial charge in [0.15, 0.2) is 0 Å². The van der Waals surface area contributed by atoms with E-state index in [1.807, 2.05) is 10.8 Å². The van der Waals surface area contributed by atoms with Crippen LogP contribution >= 0.6 is 0 Å². The van der Waals surface area contributed by atoms with E-state index in [0.717, 1.165) is 5.82 Å². The Bertz CT molecular complexity index is 609. The van der Waals surface area contributed by atoms with E-state index in [9.17, 15) is 9.18 Å². The normalized spacial score (nSPS) is 17.6. The van der Waals surface area contributed by atoms with Crippen molar-refractivity contribution in [2.45, 2.75) is 19.3 Å². The Morgan fingerprint density at radius 2 is 2.25 bits per heavy atom. The molecule has 0 fully saturated rings. The molecule has 1 amide bonds. The number of nitrogens with zero attached hydrogens (tertiary/aromatic N) is 2. The zero-order valence-electron chi connectivity index (χ0n) is 10.8. The van der Waals surface area contributed by atoms with Crippen LogP contribution in [0.15, 0.2) is 36.7 Å². The zero-order valence-corrected chi connectivity index (χ0v) is 10.8. The number of rotatable bonds is 3. The molecule has 0 aliphatic carbocycles. The lowest BCUT2D eigenvalue weighted by molar-refractivity contribution is 0.00327. The van der Waals surface area contributed by atoms with E-state index < -0.39 is 0 Å². The van der Waals surface area contributed by atoms with Gasteiger partial charge in [-0.2, -0.15) is 0 Å². The van der Waals surface area contributed by atoms with Gasteiger partial charge in [0.2, 0.25) is 0 Å². The molecule has 1 aromatic carbocycles. The number of hydrogen-bond acceptors (Lipinski definition) is 3. The first-order chi connectivity index (χ1) is 9.72. The Balaban J connectivity index is 1.55. The van der Waals surface area contributed by atoms with Crippen molar-refractivity contribution in [1.82, 2.24) is 14.9 Å². The predicted octanol–water partition coefficient (Wildman–Crippen LogP) is 1.35. The average Bonchev–Trinajstić information content (AvgIpc) is 2.93. The van der Waals surface area contributed by atoms with Crippen molar-refractivity contribution in [2.75, 3.05) is 6.54 Å². The van der Waals surface area contributed by atoms with Gasteiger partial charge in [0.25, 0.3) is 5.91 Å². The van der Waals surface area contributed by atoms with Gasteiger partial charge in [-0.1, -0.05) is 0 Å². The monoisotopic (exact) mass is 275 g/mol. The number of amides is 1. The number of imidazole rings is 1. The molecule has 3 rings (SSSR count). The standard InChI is InChI=1S/C14H14FN3O2/c15-11-3-1-10(2-4-11)14(19)17-7-12-8-18-6-5-16-13(18)9-20-12/h1-6,12H,7-9H2,(H,17,19). The summed E-state index contributed by atoms with van der Waals surface area (Å²) in [7, 11) is 0. The van der Waals surface area contributed by atoms with Gasteiger partial charge >= 0.3 is 0 Å². The Kier molecular flexibility index (Phi) is 3.47. The van der Waals surface area contributed by atoms with Crippen LogP contribution in [-0.2, 0) is 17.9 Å². The van der Waals surface area contributed by atoms with Crippen LogP contribution in [0, 0.1) is 5.82 Å². The minimum atomic E-state index is -0.357. The smallest absolute Gasteiger partial charge is 0.251 e. The first-order valence-electron chi connectivity index (χ1n) is 6.38. The van der Waals surface area contributed by atoms with Crippen LogP contribution in [0.5, 0.6) is 0 Å². The molecular weight excluding hydrogens is 261 g/mol. The highest BCUT2D eigenvalue weighted by Crippen LogP contribution is 2.11. The predicted molar refractivity (Wildman–Crippen MR) is 69.5 cm³/mol. The van der Waals surface area contributed by atoms with Gasteiger partial charge in [-0.3, -0.25) is 4.79 Å². The molecule has 1 aliphatic rings. The zero-order chi connectivity index (χ0) is 13.9. The van der Waals surface area contributed by atoms with Gasteiger partial charge in [-0.05, 0) is 24.3 Å². The molecule has 0 saturated carbocycles. The first-order valence-corrected chi connectivity index (χ1v) is 6.38. The Morgan fingerprint density at radius 3 is 3.05 bits per heavy atom. The number of fused-ring (bicyclic) bond motifs is 1. The fraction of sp³-hybridized carbons (Fsp3) is 0.286. The molecule has 6 heteroatoms. The SMILES string of the molecule is O=C(NCC1Cn2ccnc2CO1)c1ccc(F)cc1. The Labute approximate surface area is 115 Å². The number of ether oxygens (including phenoxy) is 1. The van der Waals surface area contributed by atoms with Crippen LogP contribution in [0.3, 0.4) is 0 Å². The lowest BCUT2D eigenvalue weighted by Crippen LogP contribution is -2.38. The molecule has 2 heterocycles. The van der Waals surface area contributed by atoms with E-state index in [1.54, 1.807) is 6.20 Å². The molecule has 0 radical (unpaired) electrons. The number of carbonyl (C=O) groups is 1. The number of aromatic nitrogens is 2. The summed E-state index contributed by atoms with van der Waals surface area (Å²) in [6.45, 7) is 1.52. The van der Waals surface area contributed by atoms with Crippen LogP contribution < -0.4 is 5.32 Å². The summed E-state index contributed by atoms with van der Waals surface area (Å²) >= 11 is 0. The van der Waals surface area contributed by atoms with Crippen molar-refractivity contribution in [3.05, 3.63) is 53.9 Å². The van der Waals surface area contributed by atoms with Crippen LogP contribution in [-0.4, -0.2) is 28.1 Å². The maximum absolute atomic E-state index is 12.8. The van der Waals surface area contributed by atoms with Gasteiger partial charge in [-0.15, -0.1) is 0 Å². The fourth-order valence-electron chi connectivity index (χ4n) is 2.14. The second-order valence-electron chi connectivity index (χ2n) is 4.65. The molecule has 5 nitrogen and oxygen atoms in total. The molecule has 0 saturated heterocycles. The maximum Gasteiger partial charge on any atom is 0.251 e. The molecule has 1 unspecified atom stereocenters. The maximum atomic E-state index is 12.8. The molecule has 0 bridgehead atoms. The van der Waals surface area contributed by atoms with E-state index in [2.05, 4.69) is 10.3 Å². The van der Waals surface area contributed by atoms with Crippen molar-refractivity contribution in [3.63, 3.8) is 0 Å². The van der Waals surface area contributed by atoms with E-state index in [-0.39, 0.29) is 17.8 Å². The number of nitrogens with one attached hydrogen (secondary N) is 1. The largest absolute Gasteiger partial charge is 0.367 e. The third kappa shape index (κ3) is 2.70. The quantitative estimate of drug-likeness (QED) is 0.920. The molecule has 1 atom stereocenters. The summed E-state index contributed by atoms with van der Waals surface area (Å²) in [5.41, 5.74) is 0.436. The van der Waals surface area contributed by atoms with Crippen molar-refractivity contribution >= 4 is 5.91 Å². The van der Waals surface area contributed by atoms with Gasteiger partial charge in [0.05, 0.1) is 12.6 Å². The van der Waals surface area contributed by atoms with E-state index in [4.69, 9.17) is 4.74 Å². The minimum Gasteiger partial charge on any atom is -0.367 e. The summed E-state index contributed by atoms with van der Waals surface area (Å²) in [5, 5.41) is 2.79. The Morgan fingerprint density at radius 1 is 1.45 bits per heavy atom. The average molecular weight is 275 g/mol. The molecule has 0 spiro atoms. The van der Waals surface area contributed by atoms with Crippen LogP contribution in [0.4, 0.5) is 4.39 Å². The number of hydrogen-bond donors (Lipinski definition) is 1. The number of carbonyl (C=O) groups excluding carboxylic acids is 1. The van der Waals surface area contributed by atoms with Gasteiger partial charge < -0.3 is 14.6 Å². The highest BCUT2D eigenvalue weighted by atomic mass is 19.1. The molecule has 1 aliphatic heterocycles. The van der Waals surface area contributed by atoms with Crippen molar-refractivity contribution in [3.8, 4) is 0 Å². The van der Waals surface area contributed by atoms with E-state index in [0.29, 0.717) is 25.3 Å². The summed E-state index contributed by atoms with van der Waals surface area (Å²) in [5.74, 6) is 0.306. The minimum absolute atomic E-state index is 0.0823. The van der Waals surface area contributed by atoms with Crippen molar-refractivity contribution < 1.29 is 13.9 Å². The van der Waals surface area contributed by atoms with Crippen LogP contribution in [0.25, 0.3) is 0 Å². The molecule has 1 N–H and O–H groups in total. The summed E-state index contributed by atoms with van der Waals surface area (Å²) in [4.78, 5) is 16.0. The second-order valence-corrected chi connectivity index (χ2v) is 4.65. The summed E-state index contributed by atoms with van der Waals surface area (Å²) < 4.78 is 20.4. The number of benzene rings is 1. The lowest BCUT2D eigenvalue weighted by Gasteiger charge is -2.24. The molecule has 1 aromatic heterocycles. The second kappa shape index (κ2) is 5.42. The van der Waals surface area contributed by atoms with Gasteiger partial charge in [0.1, 0.15) is 18.2 Å². The topological polar surface area (TPSA) is 56.2 Å². The van der Waals surface area contributed by atoms with Crippen LogP contribution in [0.2, 0.25) is 0 Å². The van der Waals surface area contributed by atoms with Crippen molar-refractivity contribution in [2.24, 2.45) is 0 Å². The van der Waals surface area contributed by atoms with Crippen LogP contribution in [0.1, 0.15) is 16.2 Å². The highest BCUT2D eigenvalue weighted by molar-refractivity contribution is 5.94. The van der Waals surface area contributed by atoms with Crippen molar-refractivity contribution in [1.29, 1.82) is 0 Å². The van der Waals surface area contributed by atoms with Gasteiger partial charge in [-0.25, -0.2) is 9.37 Å². The summed E-state index contributed by atoms with van der Waals surface area (Å²) in [6, 6.07) is 5.45. The third-order valence-corrected chi connectivity index (χ3v) is 3.25. The van der Waals surface area contributed by atoms with Gasteiger partial charge in [0, 0.05) is 24.5 Å². The molecular formula is C14H14FN3O2.